The predicted molar refractivity (Wildman–Crippen MR) is 73.0 cm³/mol. The SMILES string of the molecule is CC(C)OC(=O)c1cnc(F)n1C(C)c1ccccc1. The van der Waals surface area contributed by atoms with Crippen LogP contribution in [0.5, 0.6) is 0 Å². The number of hydrogen-bond acceptors (Lipinski definition) is 3. The summed E-state index contributed by atoms with van der Waals surface area (Å²) < 4.78 is 20.2. The van der Waals surface area contributed by atoms with Crippen LogP contribution in [0.4, 0.5) is 4.39 Å². The summed E-state index contributed by atoms with van der Waals surface area (Å²) >= 11 is 0. The van der Waals surface area contributed by atoms with Gasteiger partial charge in [0, 0.05) is 0 Å². The van der Waals surface area contributed by atoms with Crippen LogP contribution in [0.2, 0.25) is 0 Å². The fraction of sp³-hybridized carbons (Fsp3) is 0.333. The Morgan fingerprint density at radius 2 is 1.90 bits per heavy atom. The second kappa shape index (κ2) is 5.86. The number of hydrogen-bond donors (Lipinski definition) is 0. The van der Waals surface area contributed by atoms with Crippen LogP contribution in [0, 0.1) is 6.08 Å². The lowest BCUT2D eigenvalue weighted by atomic mass is 10.1. The van der Waals surface area contributed by atoms with Crippen molar-refractivity contribution in [2.45, 2.75) is 32.9 Å². The molecule has 1 heterocycles. The van der Waals surface area contributed by atoms with Crippen molar-refractivity contribution in [3.63, 3.8) is 0 Å². The highest BCUT2D eigenvalue weighted by Crippen LogP contribution is 2.22. The van der Waals surface area contributed by atoms with Crippen LogP contribution < -0.4 is 0 Å². The Kier molecular flexibility index (Phi) is 4.17. The standard InChI is InChI=1S/C15H17FN2O2/c1-10(2)20-14(19)13-9-17-15(16)18(13)11(3)12-7-5-4-6-8-12/h4-11H,1-3H3. The molecule has 106 valence electrons. The molecule has 4 nitrogen and oxygen atoms in total. The molecule has 0 amide bonds. The first kappa shape index (κ1) is 14.2. The van der Waals surface area contributed by atoms with E-state index in [9.17, 15) is 9.18 Å². The second-order valence-electron chi connectivity index (χ2n) is 4.82. The molecule has 0 fully saturated rings. The maximum atomic E-state index is 13.9. The Bertz CT molecular complexity index is 593. The number of carbonyl (C=O) groups is 1. The van der Waals surface area contributed by atoms with Gasteiger partial charge in [0.2, 0.25) is 0 Å². The van der Waals surface area contributed by atoms with E-state index in [0.29, 0.717) is 0 Å². The number of ether oxygens (including phenoxy) is 1. The molecule has 2 aromatic rings. The van der Waals surface area contributed by atoms with Crippen molar-refractivity contribution in [2.24, 2.45) is 0 Å². The van der Waals surface area contributed by atoms with Gasteiger partial charge in [0.05, 0.1) is 18.3 Å². The van der Waals surface area contributed by atoms with Gasteiger partial charge in [0.1, 0.15) is 5.69 Å². The van der Waals surface area contributed by atoms with E-state index in [0.717, 1.165) is 5.56 Å². The summed E-state index contributed by atoms with van der Waals surface area (Å²) in [5.41, 5.74) is 1.01. The highest BCUT2D eigenvalue weighted by atomic mass is 19.1. The Hall–Kier alpha value is -2.17. The summed E-state index contributed by atoms with van der Waals surface area (Å²) in [5, 5.41) is 0. The van der Waals surface area contributed by atoms with Crippen LogP contribution in [0.1, 0.15) is 42.9 Å². The molecule has 5 heteroatoms. The van der Waals surface area contributed by atoms with Gasteiger partial charge in [-0.15, -0.1) is 0 Å². The molecule has 0 aliphatic heterocycles. The zero-order chi connectivity index (χ0) is 14.7. The van der Waals surface area contributed by atoms with Gasteiger partial charge in [0.25, 0.3) is 6.08 Å². The van der Waals surface area contributed by atoms with Gasteiger partial charge in [0.15, 0.2) is 0 Å². The molecule has 1 aromatic heterocycles. The third-order valence-corrected chi connectivity index (χ3v) is 2.97. The summed E-state index contributed by atoms with van der Waals surface area (Å²) in [6.07, 6.45) is 0.248. The molecule has 0 saturated heterocycles. The maximum absolute atomic E-state index is 13.9. The van der Waals surface area contributed by atoms with Crippen molar-refractivity contribution in [2.75, 3.05) is 0 Å². The molecular formula is C15H17FN2O2. The van der Waals surface area contributed by atoms with Gasteiger partial charge in [-0.2, -0.15) is 4.39 Å². The second-order valence-corrected chi connectivity index (χ2v) is 4.82. The first-order valence-corrected chi connectivity index (χ1v) is 6.49. The number of benzene rings is 1. The van der Waals surface area contributed by atoms with E-state index in [-0.39, 0.29) is 17.8 Å². The molecule has 0 aliphatic carbocycles. The largest absolute Gasteiger partial charge is 0.458 e. The minimum atomic E-state index is -0.697. The molecule has 2 rings (SSSR count). The van der Waals surface area contributed by atoms with E-state index in [1.54, 1.807) is 13.8 Å². The van der Waals surface area contributed by atoms with Gasteiger partial charge in [-0.1, -0.05) is 30.3 Å². The number of esters is 1. The number of carbonyl (C=O) groups excluding carboxylic acids is 1. The van der Waals surface area contributed by atoms with E-state index >= 15 is 0 Å². The first-order chi connectivity index (χ1) is 9.50. The summed E-state index contributed by atoms with van der Waals surface area (Å²) in [4.78, 5) is 15.6. The molecule has 0 aliphatic rings. The lowest BCUT2D eigenvalue weighted by molar-refractivity contribution is 0.0362. The third kappa shape index (κ3) is 2.87. The molecule has 0 N–H and O–H groups in total. The molecule has 0 spiro atoms. The minimum Gasteiger partial charge on any atom is -0.458 e. The van der Waals surface area contributed by atoms with Crippen LogP contribution in [0.3, 0.4) is 0 Å². The monoisotopic (exact) mass is 276 g/mol. The Labute approximate surface area is 117 Å². The zero-order valence-electron chi connectivity index (χ0n) is 11.7. The normalized spacial score (nSPS) is 12.4. The fourth-order valence-corrected chi connectivity index (χ4v) is 2.01. The Morgan fingerprint density at radius 3 is 2.50 bits per heavy atom. The van der Waals surface area contributed by atoms with Crippen molar-refractivity contribution >= 4 is 5.97 Å². The molecule has 0 saturated carbocycles. The van der Waals surface area contributed by atoms with Gasteiger partial charge in [-0.05, 0) is 26.3 Å². The van der Waals surface area contributed by atoms with E-state index in [2.05, 4.69) is 4.98 Å². The van der Waals surface area contributed by atoms with Gasteiger partial charge in [-0.25, -0.2) is 9.78 Å². The van der Waals surface area contributed by atoms with E-state index in [4.69, 9.17) is 4.74 Å². The Balaban J connectivity index is 2.37. The average Bonchev–Trinajstić information content (AvgIpc) is 2.80. The number of rotatable bonds is 4. The molecule has 1 atom stereocenters. The lowest BCUT2D eigenvalue weighted by Crippen LogP contribution is -2.19. The van der Waals surface area contributed by atoms with E-state index in [1.807, 2.05) is 37.3 Å². The number of aromatic nitrogens is 2. The van der Waals surface area contributed by atoms with Crippen molar-refractivity contribution in [3.8, 4) is 0 Å². The van der Waals surface area contributed by atoms with Crippen molar-refractivity contribution in [1.82, 2.24) is 9.55 Å². The van der Waals surface area contributed by atoms with Crippen molar-refractivity contribution < 1.29 is 13.9 Å². The summed E-state index contributed by atoms with van der Waals surface area (Å²) in [6, 6.07) is 9.03. The van der Waals surface area contributed by atoms with Crippen molar-refractivity contribution in [3.05, 3.63) is 53.9 Å². The summed E-state index contributed by atoms with van der Waals surface area (Å²) in [5.74, 6) is -0.570. The fourth-order valence-electron chi connectivity index (χ4n) is 2.01. The van der Waals surface area contributed by atoms with Crippen LogP contribution in [-0.2, 0) is 4.74 Å². The molecule has 0 radical (unpaired) electrons. The van der Waals surface area contributed by atoms with Crippen LogP contribution in [-0.4, -0.2) is 21.6 Å². The lowest BCUT2D eigenvalue weighted by Gasteiger charge is -2.17. The predicted octanol–water partition coefficient (Wildman–Crippen LogP) is 3.20. The minimum absolute atomic E-state index is 0.118. The molecule has 0 bridgehead atoms. The summed E-state index contributed by atoms with van der Waals surface area (Å²) in [6.45, 7) is 5.30. The van der Waals surface area contributed by atoms with Crippen molar-refractivity contribution in [1.29, 1.82) is 0 Å². The quantitative estimate of drug-likeness (QED) is 0.805. The highest BCUT2D eigenvalue weighted by molar-refractivity contribution is 5.87. The van der Waals surface area contributed by atoms with E-state index < -0.39 is 12.0 Å². The van der Waals surface area contributed by atoms with Crippen LogP contribution >= 0.6 is 0 Å². The Morgan fingerprint density at radius 1 is 1.25 bits per heavy atom. The summed E-state index contributed by atoms with van der Waals surface area (Å²) in [7, 11) is 0. The number of halogens is 1. The number of nitrogens with zero attached hydrogens (tertiary/aromatic N) is 2. The highest BCUT2D eigenvalue weighted by Gasteiger charge is 2.23. The van der Waals surface area contributed by atoms with Crippen LogP contribution in [0.15, 0.2) is 36.5 Å². The smallest absolute Gasteiger partial charge is 0.356 e. The average molecular weight is 276 g/mol. The molecular weight excluding hydrogens is 259 g/mol. The number of imidazole rings is 1. The topological polar surface area (TPSA) is 44.1 Å². The first-order valence-electron chi connectivity index (χ1n) is 6.49. The maximum Gasteiger partial charge on any atom is 0.356 e. The van der Waals surface area contributed by atoms with E-state index in [1.165, 1.54) is 10.8 Å². The van der Waals surface area contributed by atoms with Gasteiger partial charge in [-0.3, -0.25) is 4.57 Å². The molecule has 20 heavy (non-hydrogen) atoms. The van der Waals surface area contributed by atoms with Gasteiger partial charge < -0.3 is 4.74 Å². The van der Waals surface area contributed by atoms with Gasteiger partial charge >= 0.3 is 5.97 Å². The third-order valence-electron chi connectivity index (χ3n) is 2.97. The van der Waals surface area contributed by atoms with Crippen LogP contribution in [0.25, 0.3) is 0 Å². The molecule has 1 aromatic carbocycles. The zero-order valence-corrected chi connectivity index (χ0v) is 11.7. The molecule has 1 unspecified atom stereocenters.